The van der Waals surface area contributed by atoms with Crippen LogP contribution in [0.3, 0.4) is 0 Å². The number of nitrogens with zero attached hydrogens (tertiary/aromatic N) is 1. The van der Waals surface area contributed by atoms with Crippen molar-refractivity contribution in [3.63, 3.8) is 0 Å². The van der Waals surface area contributed by atoms with E-state index in [1.165, 1.54) is 7.11 Å². The van der Waals surface area contributed by atoms with Gasteiger partial charge in [0.1, 0.15) is 6.42 Å². The van der Waals surface area contributed by atoms with Crippen LogP contribution < -0.4 is 14.8 Å². The zero-order valence-corrected chi connectivity index (χ0v) is 11.6. The van der Waals surface area contributed by atoms with Crippen molar-refractivity contribution in [1.82, 2.24) is 5.32 Å². The van der Waals surface area contributed by atoms with E-state index in [9.17, 15) is 4.79 Å². The van der Waals surface area contributed by atoms with Gasteiger partial charge in [0.05, 0.1) is 24.8 Å². The SMILES string of the molecule is CCOc1cc(CNC(=O)CC#N)cc(Cl)c1OC. The quantitative estimate of drug-likeness (QED) is 0.869. The van der Waals surface area contributed by atoms with Gasteiger partial charge in [-0.25, -0.2) is 0 Å². The summed E-state index contributed by atoms with van der Waals surface area (Å²) in [6.07, 6.45) is -0.164. The smallest absolute Gasteiger partial charge is 0.234 e. The number of hydrogen-bond donors (Lipinski definition) is 1. The summed E-state index contributed by atoms with van der Waals surface area (Å²) in [4.78, 5) is 11.2. The van der Waals surface area contributed by atoms with Crippen LogP contribution in [0.15, 0.2) is 12.1 Å². The van der Waals surface area contributed by atoms with Crippen molar-refractivity contribution < 1.29 is 14.3 Å². The van der Waals surface area contributed by atoms with Gasteiger partial charge < -0.3 is 14.8 Å². The second kappa shape index (κ2) is 7.49. The molecule has 0 aromatic heterocycles. The summed E-state index contributed by atoms with van der Waals surface area (Å²) in [7, 11) is 1.51. The van der Waals surface area contributed by atoms with Crippen LogP contribution >= 0.6 is 11.6 Å². The minimum atomic E-state index is -0.326. The molecule has 1 N–H and O–H groups in total. The molecule has 1 rings (SSSR count). The number of carbonyl (C=O) groups is 1. The van der Waals surface area contributed by atoms with Crippen LogP contribution in [0.1, 0.15) is 18.9 Å². The number of rotatable bonds is 6. The van der Waals surface area contributed by atoms with Crippen LogP contribution in [-0.4, -0.2) is 19.6 Å². The van der Waals surface area contributed by atoms with Gasteiger partial charge in [-0.2, -0.15) is 5.26 Å². The monoisotopic (exact) mass is 282 g/mol. The Labute approximate surface area is 117 Å². The van der Waals surface area contributed by atoms with E-state index in [0.29, 0.717) is 23.1 Å². The predicted octanol–water partition coefficient (Wildman–Crippen LogP) is 2.28. The molecule has 0 bridgehead atoms. The number of nitriles is 1. The van der Waals surface area contributed by atoms with Gasteiger partial charge in [-0.15, -0.1) is 0 Å². The van der Waals surface area contributed by atoms with Crippen LogP contribution in [0.5, 0.6) is 11.5 Å². The van der Waals surface area contributed by atoms with Crippen molar-refractivity contribution in [3.05, 3.63) is 22.7 Å². The second-order valence-electron chi connectivity index (χ2n) is 3.65. The topological polar surface area (TPSA) is 71.3 Å². The minimum Gasteiger partial charge on any atom is -0.491 e. The lowest BCUT2D eigenvalue weighted by Crippen LogP contribution is -2.21. The van der Waals surface area contributed by atoms with Crippen LogP contribution in [0.2, 0.25) is 5.02 Å². The third-order valence-electron chi connectivity index (χ3n) is 2.30. The molecule has 1 amide bonds. The highest BCUT2D eigenvalue weighted by Gasteiger charge is 2.11. The Bertz CT molecular complexity index is 497. The van der Waals surface area contributed by atoms with Crippen LogP contribution in [0, 0.1) is 11.3 Å². The van der Waals surface area contributed by atoms with E-state index in [4.69, 9.17) is 26.3 Å². The van der Waals surface area contributed by atoms with Crippen LogP contribution in [-0.2, 0) is 11.3 Å². The molecule has 19 heavy (non-hydrogen) atoms. The van der Waals surface area contributed by atoms with E-state index in [-0.39, 0.29) is 18.9 Å². The number of nitrogens with one attached hydrogen (secondary N) is 1. The molecule has 5 nitrogen and oxygen atoms in total. The average Bonchev–Trinajstić information content (AvgIpc) is 2.37. The Balaban J connectivity index is 2.85. The summed E-state index contributed by atoms with van der Waals surface area (Å²) in [5, 5.41) is 11.4. The lowest BCUT2D eigenvalue weighted by Gasteiger charge is -2.13. The number of amides is 1. The van der Waals surface area contributed by atoms with E-state index in [1.54, 1.807) is 18.2 Å². The van der Waals surface area contributed by atoms with Gasteiger partial charge in [-0.1, -0.05) is 11.6 Å². The van der Waals surface area contributed by atoms with E-state index >= 15 is 0 Å². The highest BCUT2D eigenvalue weighted by atomic mass is 35.5. The fourth-order valence-corrected chi connectivity index (χ4v) is 1.83. The summed E-state index contributed by atoms with van der Waals surface area (Å²) in [6.45, 7) is 2.62. The van der Waals surface area contributed by atoms with Crippen LogP contribution in [0.25, 0.3) is 0 Å². The Hall–Kier alpha value is -1.93. The molecule has 0 fully saturated rings. The summed E-state index contributed by atoms with van der Waals surface area (Å²) >= 11 is 6.08. The lowest BCUT2D eigenvalue weighted by atomic mass is 10.2. The van der Waals surface area contributed by atoms with Crippen molar-refractivity contribution in [3.8, 4) is 17.6 Å². The Kier molecular flexibility index (Phi) is 5.97. The molecule has 0 atom stereocenters. The van der Waals surface area contributed by atoms with Gasteiger partial charge in [0.25, 0.3) is 0 Å². The first-order valence-corrected chi connectivity index (χ1v) is 6.13. The second-order valence-corrected chi connectivity index (χ2v) is 4.06. The van der Waals surface area contributed by atoms with Crippen molar-refractivity contribution in [1.29, 1.82) is 5.26 Å². The first-order chi connectivity index (χ1) is 9.12. The van der Waals surface area contributed by atoms with Gasteiger partial charge in [0.2, 0.25) is 5.91 Å². The van der Waals surface area contributed by atoms with Crippen LogP contribution in [0.4, 0.5) is 0 Å². The molecule has 0 aliphatic rings. The number of methoxy groups -OCH3 is 1. The summed E-state index contributed by atoms with van der Waals surface area (Å²) in [5.74, 6) is 0.671. The third-order valence-corrected chi connectivity index (χ3v) is 2.58. The van der Waals surface area contributed by atoms with Crippen molar-refractivity contribution in [2.24, 2.45) is 0 Å². The molecule has 6 heteroatoms. The normalized spacial score (nSPS) is 9.58. The zero-order chi connectivity index (χ0) is 14.3. The van der Waals surface area contributed by atoms with E-state index in [1.807, 2.05) is 6.92 Å². The van der Waals surface area contributed by atoms with Crippen molar-refractivity contribution in [2.75, 3.05) is 13.7 Å². The number of hydrogen-bond acceptors (Lipinski definition) is 4. The summed E-state index contributed by atoms with van der Waals surface area (Å²) < 4.78 is 10.6. The molecule has 1 aromatic rings. The maximum absolute atomic E-state index is 11.2. The molecular formula is C13H15ClN2O3. The molecule has 0 heterocycles. The first-order valence-electron chi connectivity index (χ1n) is 5.75. The van der Waals surface area contributed by atoms with E-state index in [2.05, 4.69) is 5.32 Å². The van der Waals surface area contributed by atoms with Crippen molar-refractivity contribution >= 4 is 17.5 Å². The van der Waals surface area contributed by atoms with Gasteiger partial charge in [0, 0.05) is 6.54 Å². The zero-order valence-electron chi connectivity index (χ0n) is 10.8. The van der Waals surface area contributed by atoms with E-state index in [0.717, 1.165) is 5.56 Å². The number of benzene rings is 1. The maximum Gasteiger partial charge on any atom is 0.234 e. The van der Waals surface area contributed by atoms with Gasteiger partial charge in [-0.05, 0) is 24.6 Å². The summed E-state index contributed by atoms with van der Waals surface area (Å²) in [6, 6.07) is 5.22. The molecule has 0 aliphatic heterocycles. The molecule has 0 saturated heterocycles. The lowest BCUT2D eigenvalue weighted by molar-refractivity contribution is -0.120. The molecule has 1 aromatic carbocycles. The highest BCUT2D eigenvalue weighted by molar-refractivity contribution is 6.32. The summed E-state index contributed by atoms with van der Waals surface area (Å²) in [5.41, 5.74) is 0.778. The van der Waals surface area contributed by atoms with Gasteiger partial charge >= 0.3 is 0 Å². The number of carbonyl (C=O) groups excluding carboxylic acids is 1. The third kappa shape index (κ3) is 4.34. The average molecular weight is 283 g/mol. The van der Waals surface area contributed by atoms with Gasteiger partial charge in [0.15, 0.2) is 11.5 Å². The standard InChI is InChI=1S/C13H15ClN2O3/c1-3-19-11-7-9(6-10(14)13(11)18-2)8-16-12(17)4-5-15/h6-7H,3-4,8H2,1-2H3,(H,16,17). The first kappa shape index (κ1) is 15.1. The van der Waals surface area contributed by atoms with Crippen molar-refractivity contribution in [2.45, 2.75) is 19.9 Å². The Morgan fingerprint density at radius 3 is 2.84 bits per heavy atom. The highest BCUT2D eigenvalue weighted by Crippen LogP contribution is 2.36. The number of ether oxygens (including phenoxy) is 2. The minimum absolute atomic E-state index is 0.164. The molecule has 0 spiro atoms. The fraction of sp³-hybridized carbons (Fsp3) is 0.385. The molecular weight excluding hydrogens is 268 g/mol. The maximum atomic E-state index is 11.2. The Morgan fingerprint density at radius 2 is 2.26 bits per heavy atom. The largest absolute Gasteiger partial charge is 0.491 e. The van der Waals surface area contributed by atoms with Gasteiger partial charge in [-0.3, -0.25) is 4.79 Å². The molecule has 102 valence electrons. The Morgan fingerprint density at radius 1 is 1.53 bits per heavy atom. The van der Waals surface area contributed by atoms with E-state index < -0.39 is 0 Å². The molecule has 0 aliphatic carbocycles. The number of halogens is 1. The molecule has 0 unspecified atom stereocenters. The molecule has 0 saturated carbocycles. The predicted molar refractivity (Wildman–Crippen MR) is 71.2 cm³/mol. The fourth-order valence-electron chi connectivity index (χ4n) is 1.52. The molecule has 0 radical (unpaired) electrons.